The van der Waals surface area contributed by atoms with E-state index >= 15 is 0 Å². The van der Waals surface area contributed by atoms with E-state index in [4.69, 9.17) is 0 Å². The van der Waals surface area contributed by atoms with Gasteiger partial charge >= 0.3 is 6.03 Å². The van der Waals surface area contributed by atoms with Gasteiger partial charge in [-0.25, -0.2) is 4.79 Å². The van der Waals surface area contributed by atoms with Crippen LogP contribution in [-0.4, -0.2) is 51.4 Å². The fraction of sp³-hybridized carbons (Fsp3) is 0.407. The number of amides is 3. The van der Waals surface area contributed by atoms with Crippen molar-refractivity contribution < 1.29 is 9.59 Å². The third kappa shape index (κ3) is 4.10. The number of piperidine rings is 1. The van der Waals surface area contributed by atoms with E-state index in [0.717, 1.165) is 42.3 Å². The third-order valence-electron chi connectivity index (χ3n) is 7.12. The lowest BCUT2D eigenvalue weighted by molar-refractivity contribution is -0.134. The molecule has 33 heavy (non-hydrogen) atoms. The van der Waals surface area contributed by atoms with Gasteiger partial charge < -0.3 is 20.1 Å². The van der Waals surface area contributed by atoms with Crippen LogP contribution in [-0.2, 0) is 24.2 Å². The summed E-state index contributed by atoms with van der Waals surface area (Å²) in [5.41, 5.74) is 4.19. The summed E-state index contributed by atoms with van der Waals surface area (Å²) in [5.74, 6) is 0.127. The number of urea groups is 1. The largest absolute Gasteiger partial charge is 0.361 e. The summed E-state index contributed by atoms with van der Waals surface area (Å²) in [4.78, 5) is 34.0. The maximum atomic E-state index is 13.4. The molecule has 3 aromatic rings. The van der Waals surface area contributed by atoms with Crippen LogP contribution in [0.1, 0.15) is 43.4 Å². The minimum atomic E-state index is -0.374. The lowest BCUT2D eigenvalue weighted by Crippen LogP contribution is -2.65. The normalized spacial score (nSPS) is 20.3. The molecule has 172 valence electrons. The van der Waals surface area contributed by atoms with Gasteiger partial charge in [0.1, 0.15) is 0 Å². The molecular weight excluding hydrogens is 412 g/mol. The highest BCUT2D eigenvalue weighted by molar-refractivity contribution is 5.89. The number of hydrogen-bond acceptors (Lipinski definition) is 2. The highest BCUT2D eigenvalue weighted by atomic mass is 16.2. The van der Waals surface area contributed by atoms with E-state index in [9.17, 15) is 9.59 Å². The van der Waals surface area contributed by atoms with E-state index in [0.29, 0.717) is 19.5 Å². The molecule has 5 rings (SSSR count). The van der Waals surface area contributed by atoms with Gasteiger partial charge in [-0.2, -0.15) is 0 Å². The first kappa shape index (κ1) is 21.6. The number of benzene rings is 2. The van der Waals surface area contributed by atoms with Crippen LogP contribution in [0.3, 0.4) is 0 Å². The molecule has 2 N–H and O–H groups in total. The number of carbonyl (C=O) groups excluding carboxylic acids is 2. The maximum absolute atomic E-state index is 13.4. The Labute approximate surface area is 195 Å². The second kappa shape index (κ2) is 8.58. The average molecular weight is 445 g/mol. The Kier molecular flexibility index (Phi) is 5.60. The first-order valence-electron chi connectivity index (χ1n) is 11.9. The Hall–Kier alpha value is -3.28. The molecule has 1 atom stereocenters. The van der Waals surface area contributed by atoms with Crippen LogP contribution < -0.4 is 5.32 Å². The molecule has 0 radical (unpaired) electrons. The second-order valence-electron chi connectivity index (χ2n) is 9.82. The Morgan fingerprint density at radius 2 is 1.85 bits per heavy atom. The molecule has 1 fully saturated rings. The smallest absolute Gasteiger partial charge is 0.318 e. The third-order valence-corrected chi connectivity index (χ3v) is 7.12. The Bertz CT molecular complexity index is 1180. The topological polar surface area (TPSA) is 68.4 Å². The summed E-state index contributed by atoms with van der Waals surface area (Å²) in [6, 6.07) is 16.5. The zero-order valence-corrected chi connectivity index (χ0v) is 19.4. The summed E-state index contributed by atoms with van der Waals surface area (Å²) in [7, 11) is 0. The zero-order chi connectivity index (χ0) is 23.0. The van der Waals surface area contributed by atoms with Crippen molar-refractivity contribution >= 4 is 22.8 Å². The average Bonchev–Trinajstić information content (AvgIpc) is 3.21. The van der Waals surface area contributed by atoms with Gasteiger partial charge in [0.2, 0.25) is 5.91 Å². The minimum absolute atomic E-state index is 0.0366. The number of aromatic amines is 1. The van der Waals surface area contributed by atoms with Crippen LogP contribution >= 0.6 is 0 Å². The van der Waals surface area contributed by atoms with Crippen molar-refractivity contribution in [3.8, 4) is 0 Å². The molecule has 3 amide bonds. The molecule has 0 aliphatic carbocycles. The maximum Gasteiger partial charge on any atom is 0.318 e. The van der Waals surface area contributed by atoms with Crippen LogP contribution in [0.25, 0.3) is 10.9 Å². The van der Waals surface area contributed by atoms with Gasteiger partial charge in [-0.3, -0.25) is 4.79 Å². The molecule has 2 aliphatic heterocycles. The van der Waals surface area contributed by atoms with Gasteiger partial charge in [-0.05, 0) is 55.9 Å². The number of carbonyl (C=O) groups is 2. The van der Waals surface area contributed by atoms with Crippen molar-refractivity contribution in [1.82, 2.24) is 20.1 Å². The molecule has 3 heterocycles. The number of hydrogen-bond donors (Lipinski definition) is 2. The predicted molar refractivity (Wildman–Crippen MR) is 130 cm³/mol. The highest BCUT2D eigenvalue weighted by Crippen LogP contribution is 2.38. The fourth-order valence-corrected chi connectivity index (χ4v) is 5.53. The number of nitrogens with one attached hydrogen (secondary N) is 2. The van der Waals surface area contributed by atoms with Gasteiger partial charge in [0.15, 0.2) is 0 Å². The molecule has 2 aliphatic rings. The van der Waals surface area contributed by atoms with Crippen LogP contribution in [0.15, 0.2) is 54.7 Å². The first-order chi connectivity index (χ1) is 15.9. The number of aromatic nitrogens is 1. The molecule has 6 nitrogen and oxygen atoms in total. The van der Waals surface area contributed by atoms with Crippen LogP contribution in [0.5, 0.6) is 0 Å². The van der Waals surface area contributed by atoms with E-state index in [1.807, 2.05) is 54.1 Å². The van der Waals surface area contributed by atoms with Gasteiger partial charge in [0.25, 0.3) is 0 Å². The molecule has 1 aromatic heterocycles. The van der Waals surface area contributed by atoms with Crippen molar-refractivity contribution in [2.45, 2.75) is 57.7 Å². The molecule has 1 saturated heterocycles. The first-order valence-corrected chi connectivity index (χ1v) is 11.9. The number of H-pyrrole nitrogens is 1. The number of nitrogens with zero attached hydrogens (tertiary/aromatic N) is 2. The Balaban J connectivity index is 1.41. The van der Waals surface area contributed by atoms with Gasteiger partial charge in [0.05, 0.1) is 12.0 Å². The number of rotatable bonds is 3. The molecule has 0 bridgehead atoms. The molecule has 2 aromatic carbocycles. The fourth-order valence-electron chi connectivity index (χ4n) is 5.53. The summed E-state index contributed by atoms with van der Waals surface area (Å²) >= 11 is 0. The lowest BCUT2D eigenvalue weighted by atomic mass is 9.77. The molecule has 1 unspecified atom stereocenters. The second-order valence-corrected chi connectivity index (χ2v) is 9.82. The quantitative estimate of drug-likeness (QED) is 0.634. The summed E-state index contributed by atoms with van der Waals surface area (Å²) < 4.78 is 0. The lowest BCUT2D eigenvalue weighted by Gasteiger charge is -2.52. The molecular formula is C27H32N4O2. The van der Waals surface area contributed by atoms with Gasteiger partial charge in [-0.1, -0.05) is 42.5 Å². The van der Waals surface area contributed by atoms with Gasteiger partial charge in [0, 0.05) is 42.8 Å². The summed E-state index contributed by atoms with van der Waals surface area (Å²) in [6.45, 7) is 5.87. The van der Waals surface area contributed by atoms with Crippen LogP contribution in [0.2, 0.25) is 0 Å². The summed E-state index contributed by atoms with van der Waals surface area (Å²) in [5, 5.41) is 4.19. The predicted octanol–water partition coefficient (Wildman–Crippen LogP) is 4.25. The highest BCUT2D eigenvalue weighted by Gasteiger charge is 2.47. The van der Waals surface area contributed by atoms with Crippen molar-refractivity contribution in [2.75, 3.05) is 13.1 Å². The standard InChI is InChI=1S/C27H32N4O2/c1-19(2)29-26(33)31-17-21-9-4-3-8-20(21)15-27(31)12-7-13-30(18-27)25(32)14-22-16-28-24-11-6-5-10-23(22)24/h3-6,8-11,16,19,28H,7,12-15,17-18H2,1-2H3,(H,29,33). The monoisotopic (exact) mass is 444 g/mol. The number of likely N-dealkylation sites (tertiary alicyclic amines) is 1. The van der Waals surface area contributed by atoms with Gasteiger partial charge in [-0.15, -0.1) is 0 Å². The molecule has 6 heteroatoms. The van der Waals surface area contributed by atoms with Crippen LogP contribution in [0.4, 0.5) is 4.79 Å². The zero-order valence-electron chi connectivity index (χ0n) is 19.4. The Morgan fingerprint density at radius 3 is 2.67 bits per heavy atom. The van der Waals surface area contributed by atoms with Crippen molar-refractivity contribution in [2.24, 2.45) is 0 Å². The summed E-state index contributed by atoms with van der Waals surface area (Å²) in [6.07, 6.45) is 4.90. The van der Waals surface area contributed by atoms with E-state index in [2.05, 4.69) is 34.6 Å². The molecule has 0 saturated carbocycles. The van der Waals surface area contributed by atoms with Crippen molar-refractivity contribution in [1.29, 1.82) is 0 Å². The minimum Gasteiger partial charge on any atom is -0.361 e. The molecule has 1 spiro atoms. The number of para-hydroxylation sites is 1. The Morgan fingerprint density at radius 1 is 1.09 bits per heavy atom. The van der Waals surface area contributed by atoms with E-state index in [-0.39, 0.29) is 23.5 Å². The van der Waals surface area contributed by atoms with Crippen molar-refractivity contribution in [3.63, 3.8) is 0 Å². The van der Waals surface area contributed by atoms with Crippen molar-refractivity contribution in [3.05, 3.63) is 71.4 Å². The number of fused-ring (bicyclic) bond motifs is 2. The van der Waals surface area contributed by atoms with Crippen LogP contribution in [0, 0.1) is 0 Å². The SMILES string of the molecule is CC(C)NC(=O)N1Cc2ccccc2CC12CCCN(C(=O)Cc1c[nH]c3ccccc13)C2. The van der Waals surface area contributed by atoms with E-state index in [1.165, 1.54) is 11.1 Å². The van der Waals surface area contributed by atoms with E-state index in [1.54, 1.807) is 0 Å². The van der Waals surface area contributed by atoms with E-state index < -0.39 is 0 Å².